The van der Waals surface area contributed by atoms with Gasteiger partial charge in [0.15, 0.2) is 4.96 Å². The van der Waals surface area contributed by atoms with Gasteiger partial charge in [-0.15, -0.1) is 11.3 Å². The zero-order valence-electron chi connectivity index (χ0n) is 10.7. The van der Waals surface area contributed by atoms with E-state index in [-0.39, 0.29) is 0 Å². The maximum absolute atomic E-state index is 4.61. The number of hydrogen-bond donors (Lipinski definition) is 1. The molecular formula is C13H19N3S. The van der Waals surface area contributed by atoms with Crippen molar-refractivity contribution in [3.8, 4) is 0 Å². The molecule has 1 atom stereocenters. The molecule has 2 aromatic heterocycles. The quantitative estimate of drug-likeness (QED) is 0.903. The summed E-state index contributed by atoms with van der Waals surface area (Å²) in [7, 11) is 0. The smallest absolute Gasteiger partial charge is 0.194 e. The summed E-state index contributed by atoms with van der Waals surface area (Å²) in [4.78, 5) is 7.06. The number of nitrogens with one attached hydrogen (secondary N) is 1. The average molecular weight is 249 g/mol. The Morgan fingerprint density at radius 1 is 1.53 bits per heavy atom. The van der Waals surface area contributed by atoms with Crippen molar-refractivity contribution in [3.63, 3.8) is 0 Å². The minimum atomic E-state index is 0.639. The van der Waals surface area contributed by atoms with E-state index in [9.17, 15) is 0 Å². The largest absolute Gasteiger partial charge is 0.308 e. The van der Waals surface area contributed by atoms with Gasteiger partial charge in [-0.2, -0.15) is 0 Å². The highest BCUT2D eigenvalue weighted by molar-refractivity contribution is 7.17. The number of hydrogen-bond acceptors (Lipinski definition) is 3. The zero-order chi connectivity index (χ0) is 12.0. The molecule has 1 unspecified atom stereocenters. The van der Waals surface area contributed by atoms with E-state index in [2.05, 4.69) is 41.7 Å². The summed E-state index contributed by atoms with van der Waals surface area (Å²) in [5.41, 5.74) is 2.48. The highest BCUT2D eigenvalue weighted by Gasteiger charge is 2.27. The molecule has 1 aliphatic rings. The van der Waals surface area contributed by atoms with Gasteiger partial charge in [0.2, 0.25) is 0 Å². The van der Waals surface area contributed by atoms with E-state index in [1.54, 1.807) is 11.3 Å². The third-order valence-corrected chi connectivity index (χ3v) is 4.56. The molecule has 0 bridgehead atoms. The number of imidazole rings is 1. The van der Waals surface area contributed by atoms with Crippen LogP contribution < -0.4 is 5.32 Å². The van der Waals surface area contributed by atoms with Gasteiger partial charge in [0.05, 0.1) is 11.4 Å². The lowest BCUT2D eigenvalue weighted by Crippen LogP contribution is -2.28. The molecule has 2 aromatic rings. The Kier molecular flexibility index (Phi) is 2.71. The van der Waals surface area contributed by atoms with Crippen molar-refractivity contribution in [1.29, 1.82) is 0 Å². The summed E-state index contributed by atoms with van der Waals surface area (Å²) >= 11 is 1.76. The monoisotopic (exact) mass is 249 g/mol. The maximum Gasteiger partial charge on any atom is 0.194 e. The summed E-state index contributed by atoms with van der Waals surface area (Å²) < 4.78 is 2.24. The Labute approximate surface area is 106 Å². The van der Waals surface area contributed by atoms with Gasteiger partial charge < -0.3 is 5.32 Å². The van der Waals surface area contributed by atoms with Crippen molar-refractivity contribution in [3.05, 3.63) is 22.5 Å². The second kappa shape index (κ2) is 4.10. The van der Waals surface area contributed by atoms with Crippen LogP contribution >= 0.6 is 11.3 Å². The highest BCUT2D eigenvalue weighted by Crippen LogP contribution is 2.32. The fourth-order valence-corrected chi connectivity index (χ4v) is 3.23. The van der Waals surface area contributed by atoms with Gasteiger partial charge in [-0.1, -0.05) is 0 Å². The minimum Gasteiger partial charge on any atom is -0.308 e. The van der Waals surface area contributed by atoms with Crippen LogP contribution in [0.25, 0.3) is 4.96 Å². The predicted molar refractivity (Wildman–Crippen MR) is 71.6 cm³/mol. The molecule has 0 aromatic carbocycles. The number of fused-ring (bicyclic) bond motifs is 1. The molecule has 0 aliphatic heterocycles. The lowest BCUT2D eigenvalue weighted by molar-refractivity contribution is 0.490. The lowest BCUT2D eigenvalue weighted by Gasteiger charge is -2.12. The Hall–Kier alpha value is -0.870. The summed E-state index contributed by atoms with van der Waals surface area (Å²) in [6.07, 6.45) is 4.98. The van der Waals surface area contributed by atoms with Gasteiger partial charge in [-0.05, 0) is 39.5 Å². The Morgan fingerprint density at radius 3 is 3.00 bits per heavy atom. The van der Waals surface area contributed by atoms with E-state index in [1.165, 1.54) is 23.4 Å². The van der Waals surface area contributed by atoms with Crippen LogP contribution in [0.1, 0.15) is 36.0 Å². The van der Waals surface area contributed by atoms with E-state index in [1.807, 2.05) is 0 Å². The molecule has 1 saturated carbocycles. The second-order valence-corrected chi connectivity index (χ2v) is 6.36. The fourth-order valence-electron chi connectivity index (χ4n) is 2.34. The maximum atomic E-state index is 4.61. The normalized spacial score (nSPS) is 17.8. The number of aromatic nitrogens is 2. The average Bonchev–Trinajstić information content (AvgIpc) is 2.99. The summed E-state index contributed by atoms with van der Waals surface area (Å²) in [6.45, 7) is 7.47. The van der Waals surface area contributed by atoms with E-state index >= 15 is 0 Å². The summed E-state index contributed by atoms with van der Waals surface area (Å²) in [5.74, 6) is 0.905. The molecule has 1 aliphatic carbocycles. The Morgan fingerprint density at radius 2 is 2.29 bits per heavy atom. The van der Waals surface area contributed by atoms with Crippen LogP contribution in [0.5, 0.6) is 0 Å². The molecule has 0 spiro atoms. The van der Waals surface area contributed by atoms with Crippen LogP contribution in [0, 0.1) is 19.8 Å². The Balaban J connectivity index is 1.80. The van der Waals surface area contributed by atoms with Crippen molar-refractivity contribution in [2.75, 3.05) is 0 Å². The third kappa shape index (κ3) is 2.11. The van der Waals surface area contributed by atoms with Crippen LogP contribution in [0.2, 0.25) is 0 Å². The fraction of sp³-hybridized carbons (Fsp3) is 0.615. The van der Waals surface area contributed by atoms with Gasteiger partial charge >= 0.3 is 0 Å². The van der Waals surface area contributed by atoms with E-state index in [0.29, 0.717) is 6.04 Å². The van der Waals surface area contributed by atoms with E-state index in [4.69, 9.17) is 0 Å². The third-order valence-electron chi connectivity index (χ3n) is 3.66. The van der Waals surface area contributed by atoms with E-state index in [0.717, 1.165) is 23.1 Å². The highest BCUT2D eigenvalue weighted by atomic mass is 32.1. The lowest BCUT2D eigenvalue weighted by atomic mass is 10.2. The van der Waals surface area contributed by atoms with E-state index < -0.39 is 0 Å². The summed E-state index contributed by atoms with van der Waals surface area (Å²) in [5, 5.41) is 3.63. The van der Waals surface area contributed by atoms with Crippen LogP contribution in [0.4, 0.5) is 0 Å². The van der Waals surface area contributed by atoms with Crippen LogP contribution in [-0.2, 0) is 6.54 Å². The molecular weight excluding hydrogens is 230 g/mol. The molecule has 1 N–H and O–H groups in total. The van der Waals surface area contributed by atoms with Crippen molar-refractivity contribution in [1.82, 2.24) is 14.7 Å². The van der Waals surface area contributed by atoms with Crippen molar-refractivity contribution >= 4 is 16.3 Å². The SMILES string of the molecule is Cc1cn2c(CNC(C)C3CC3)c(C)nc2s1. The first-order chi connectivity index (χ1) is 8.15. The van der Waals surface area contributed by atoms with Gasteiger partial charge in [0.1, 0.15) is 0 Å². The van der Waals surface area contributed by atoms with Crippen LogP contribution in [-0.4, -0.2) is 15.4 Å². The first-order valence-electron chi connectivity index (χ1n) is 6.32. The molecule has 0 radical (unpaired) electrons. The predicted octanol–water partition coefficient (Wildman–Crippen LogP) is 2.90. The molecule has 0 saturated heterocycles. The van der Waals surface area contributed by atoms with Gasteiger partial charge in [-0.25, -0.2) is 4.98 Å². The molecule has 4 heteroatoms. The first-order valence-corrected chi connectivity index (χ1v) is 7.14. The molecule has 17 heavy (non-hydrogen) atoms. The van der Waals surface area contributed by atoms with Gasteiger partial charge in [-0.3, -0.25) is 4.40 Å². The van der Waals surface area contributed by atoms with Crippen molar-refractivity contribution < 1.29 is 0 Å². The van der Waals surface area contributed by atoms with Crippen molar-refractivity contribution in [2.45, 2.75) is 46.2 Å². The molecule has 2 heterocycles. The number of rotatable bonds is 4. The van der Waals surface area contributed by atoms with Crippen LogP contribution in [0.3, 0.4) is 0 Å². The first kappa shape index (κ1) is 11.2. The molecule has 3 nitrogen and oxygen atoms in total. The zero-order valence-corrected chi connectivity index (χ0v) is 11.5. The second-order valence-electron chi connectivity index (χ2n) is 5.15. The topological polar surface area (TPSA) is 29.3 Å². The molecule has 3 rings (SSSR count). The summed E-state index contributed by atoms with van der Waals surface area (Å²) in [6, 6.07) is 0.639. The van der Waals surface area contributed by atoms with Crippen LogP contribution in [0.15, 0.2) is 6.20 Å². The number of nitrogens with zero attached hydrogens (tertiary/aromatic N) is 2. The number of thiazole rings is 1. The Bertz CT molecular complexity index is 536. The molecule has 0 amide bonds. The number of aryl methyl sites for hydroxylation is 2. The molecule has 92 valence electrons. The van der Waals surface area contributed by atoms with Gasteiger partial charge in [0, 0.05) is 23.7 Å². The minimum absolute atomic E-state index is 0.639. The van der Waals surface area contributed by atoms with Gasteiger partial charge in [0.25, 0.3) is 0 Å². The molecule has 1 fully saturated rings. The van der Waals surface area contributed by atoms with Crippen molar-refractivity contribution in [2.24, 2.45) is 5.92 Å². The standard InChI is InChI=1S/C13H19N3S/c1-8-7-16-12(10(3)15-13(16)17-8)6-14-9(2)11-4-5-11/h7,9,11,14H,4-6H2,1-3H3.